The quantitative estimate of drug-likeness (QED) is 0.384. The van der Waals surface area contributed by atoms with Gasteiger partial charge in [0.25, 0.3) is 0 Å². The summed E-state index contributed by atoms with van der Waals surface area (Å²) < 4.78 is 0.512. The van der Waals surface area contributed by atoms with E-state index in [0.717, 1.165) is 0 Å². The van der Waals surface area contributed by atoms with Gasteiger partial charge in [-0.25, -0.2) is 0 Å². The number of benzene rings is 2. The number of nitrogens with two attached hydrogens (primary N) is 1. The third-order valence-electron chi connectivity index (χ3n) is 6.36. The van der Waals surface area contributed by atoms with Crippen LogP contribution >= 0.6 is 34.7 Å². The van der Waals surface area contributed by atoms with Crippen molar-refractivity contribution < 1.29 is 9.59 Å². The van der Waals surface area contributed by atoms with Crippen LogP contribution in [0.25, 0.3) is 0 Å². The Morgan fingerprint density at radius 3 is 2.69 bits per heavy atom. The van der Waals surface area contributed by atoms with Crippen LogP contribution < -0.4 is 16.0 Å². The second-order valence-electron chi connectivity index (χ2n) is 8.68. The van der Waals surface area contributed by atoms with Gasteiger partial charge in [-0.1, -0.05) is 65.0 Å². The number of rotatable bonds is 6. The van der Waals surface area contributed by atoms with Gasteiger partial charge in [0.1, 0.15) is 11.9 Å². The highest BCUT2D eigenvalue weighted by atomic mass is 35.5. The van der Waals surface area contributed by atoms with Crippen molar-refractivity contribution in [3.05, 3.63) is 87.3 Å². The lowest BCUT2D eigenvalue weighted by atomic mass is 9.76. The molecule has 1 atom stereocenters. The molecule has 1 amide bonds. The van der Waals surface area contributed by atoms with Crippen LogP contribution in [0.4, 0.5) is 10.8 Å². The molecule has 1 aromatic heterocycles. The lowest BCUT2D eigenvalue weighted by Crippen LogP contribution is -2.38. The summed E-state index contributed by atoms with van der Waals surface area (Å²) >= 11 is 8.89. The molecule has 5 rings (SSSR count). The maximum absolute atomic E-state index is 13.2. The van der Waals surface area contributed by atoms with Crippen LogP contribution in [-0.4, -0.2) is 27.6 Å². The first-order chi connectivity index (χ1) is 18.9. The Bertz CT molecular complexity index is 1630. The molecule has 0 fully saturated rings. The number of allylic oxidation sites excluding steroid dienone is 3. The first kappa shape index (κ1) is 26.4. The molecule has 39 heavy (non-hydrogen) atoms. The maximum atomic E-state index is 13.2. The van der Waals surface area contributed by atoms with Crippen molar-refractivity contribution in [3.63, 3.8) is 0 Å². The minimum atomic E-state index is -0.662. The molecule has 1 unspecified atom stereocenters. The van der Waals surface area contributed by atoms with Crippen LogP contribution in [0.1, 0.15) is 36.3 Å². The van der Waals surface area contributed by atoms with Crippen LogP contribution in [0.5, 0.6) is 0 Å². The second-order valence-corrected chi connectivity index (χ2v) is 11.3. The molecule has 1 aliphatic carbocycles. The van der Waals surface area contributed by atoms with E-state index in [2.05, 4.69) is 21.6 Å². The van der Waals surface area contributed by atoms with Crippen LogP contribution in [0.15, 0.2) is 75.5 Å². The molecule has 1 aliphatic heterocycles. The number of hydrogen-bond donors (Lipinski definition) is 2. The molecule has 3 N–H and O–H groups in total. The van der Waals surface area contributed by atoms with Gasteiger partial charge in [0.2, 0.25) is 11.0 Å². The monoisotopic (exact) mass is 573 g/mol. The summed E-state index contributed by atoms with van der Waals surface area (Å²) in [7, 11) is 0. The molecule has 12 heteroatoms. The highest BCUT2D eigenvalue weighted by molar-refractivity contribution is 8.01. The van der Waals surface area contributed by atoms with E-state index in [1.165, 1.54) is 23.1 Å². The van der Waals surface area contributed by atoms with Gasteiger partial charge >= 0.3 is 0 Å². The van der Waals surface area contributed by atoms with Crippen molar-refractivity contribution in [3.8, 4) is 12.1 Å². The predicted molar refractivity (Wildman–Crippen MR) is 150 cm³/mol. The number of amides is 1. The molecule has 2 aromatic carbocycles. The summed E-state index contributed by atoms with van der Waals surface area (Å²) in [5.74, 6) is -0.794. The minimum absolute atomic E-state index is 0.0458. The second kappa shape index (κ2) is 11.3. The van der Waals surface area contributed by atoms with E-state index in [-0.39, 0.29) is 28.8 Å². The van der Waals surface area contributed by atoms with Crippen molar-refractivity contribution in [2.45, 2.75) is 29.5 Å². The molecule has 0 bridgehead atoms. The fourth-order valence-corrected chi connectivity index (χ4v) is 6.61. The van der Waals surface area contributed by atoms with Gasteiger partial charge in [0.05, 0.1) is 34.6 Å². The normalized spacial score (nSPS) is 16.9. The zero-order valence-corrected chi connectivity index (χ0v) is 22.7. The van der Waals surface area contributed by atoms with Gasteiger partial charge in [0.15, 0.2) is 10.1 Å². The molecule has 2 aliphatic rings. The summed E-state index contributed by atoms with van der Waals surface area (Å²) in [6, 6.07) is 18.1. The molecule has 2 heterocycles. The number of hydrogen-bond acceptors (Lipinski definition) is 10. The zero-order valence-electron chi connectivity index (χ0n) is 20.3. The number of nitrogens with one attached hydrogen (secondary N) is 1. The number of aromatic nitrogens is 2. The van der Waals surface area contributed by atoms with Gasteiger partial charge < -0.3 is 11.1 Å². The molecule has 0 saturated carbocycles. The third-order valence-corrected chi connectivity index (χ3v) is 8.75. The van der Waals surface area contributed by atoms with Crippen molar-refractivity contribution in [1.82, 2.24) is 10.2 Å². The van der Waals surface area contributed by atoms with Gasteiger partial charge in [-0.3, -0.25) is 14.5 Å². The average molecular weight is 574 g/mol. The van der Waals surface area contributed by atoms with E-state index in [0.29, 0.717) is 61.8 Å². The third kappa shape index (κ3) is 5.12. The van der Waals surface area contributed by atoms with E-state index in [1.54, 1.807) is 47.4 Å². The van der Waals surface area contributed by atoms with Gasteiger partial charge in [-0.2, -0.15) is 10.5 Å². The Kier molecular flexibility index (Phi) is 7.66. The van der Waals surface area contributed by atoms with Crippen LogP contribution in [0.3, 0.4) is 0 Å². The lowest BCUT2D eigenvalue weighted by Gasteiger charge is -2.38. The fraction of sp³-hybridized carbons (Fsp3) is 0.185. The Labute approximate surface area is 237 Å². The van der Waals surface area contributed by atoms with E-state index >= 15 is 0 Å². The molecule has 9 nitrogen and oxygen atoms in total. The van der Waals surface area contributed by atoms with E-state index in [1.807, 2.05) is 12.1 Å². The predicted octanol–water partition coefficient (Wildman–Crippen LogP) is 5.10. The summed E-state index contributed by atoms with van der Waals surface area (Å²) in [5.41, 5.74) is 9.44. The summed E-state index contributed by atoms with van der Waals surface area (Å²) in [6.07, 6.45) is 1.58. The number of thioether (sulfide) groups is 1. The zero-order chi connectivity index (χ0) is 27.5. The Morgan fingerprint density at radius 1 is 1.15 bits per heavy atom. The number of para-hydroxylation sites is 1. The molecular weight excluding hydrogens is 554 g/mol. The molecule has 0 spiro atoms. The number of ketones is 1. The topological polar surface area (TPSA) is 149 Å². The minimum Gasteiger partial charge on any atom is -0.384 e. The Hall–Kier alpha value is -4.16. The highest BCUT2D eigenvalue weighted by Crippen LogP contribution is 2.48. The largest absolute Gasteiger partial charge is 0.384 e. The Morgan fingerprint density at radius 2 is 1.92 bits per heavy atom. The molecule has 3 aromatic rings. The number of Topliss-reactive ketones (excluding diaryl/α,β-unsaturated/α-hetero) is 1. The summed E-state index contributed by atoms with van der Waals surface area (Å²) in [4.78, 5) is 27.4. The lowest BCUT2D eigenvalue weighted by molar-refractivity contribution is -0.116. The highest BCUT2D eigenvalue weighted by Gasteiger charge is 2.41. The molecular formula is C27H20ClN7O2S2. The first-order valence-electron chi connectivity index (χ1n) is 11.9. The standard InChI is InChI=1S/C27H20ClN7O2S2/c28-18-8-3-2-7-16(18)23-17(13-30)25(31)35(20-10-5-11-21(36)24(20)23)26-33-34-27(39-26)38-14-22(37)32-19-9-4-1-6-15(19)12-29/h1-4,6-9,23H,5,10-11,14,31H2,(H,32,37). The SMILES string of the molecule is N#CC1=C(N)N(c2nnc(SCC(=O)Nc3ccccc3C#N)s2)C2=C(C(=O)CCC2)C1c1ccccc1Cl. The first-order valence-corrected chi connectivity index (χ1v) is 14.1. The Balaban J connectivity index is 1.43. The van der Waals surface area contributed by atoms with Crippen molar-refractivity contribution in [1.29, 1.82) is 10.5 Å². The van der Waals surface area contributed by atoms with Crippen molar-refractivity contribution in [2.75, 3.05) is 16.0 Å². The van der Waals surface area contributed by atoms with Gasteiger partial charge in [-0.05, 0) is 36.6 Å². The van der Waals surface area contributed by atoms with E-state index in [4.69, 9.17) is 17.3 Å². The molecule has 0 radical (unpaired) electrons. The van der Waals surface area contributed by atoms with E-state index < -0.39 is 5.92 Å². The average Bonchev–Trinajstić information content (AvgIpc) is 3.40. The number of halogens is 1. The van der Waals surface area contributed by atoms with Gasteiger partial charge in [0, 0.05) is 22.7 Å². The number of carbonyl (C=O) groups excluding carboxylic acids is 2. The number of anilines is 2. The number of nitriles is 2. The molecule has 194 valence electrons. The van der Waals surface area contributed by atoms with Crippen molar-refractivity contribution in [2.24, 2.45) is 5.73 Å². The smallest absolute Gasteiger partial charge is 0.234 e. The maximum Gasteiger partial charge on any atom is 0.234 e. The molecule has 0 saturated heterocycles. The van der Waals surface area contributed by atoms with Crippen LogP contribution in [0, 0.1) is 22.7 Å². The van der Waals surface area contributed by atoms with Gasteiger partial charge in [-0.15, -0.1) is 10.2 Å². The summed E-state index contributed by atoms with van der Waals surface area (Å²) in [5, 5.41) is 31.4. The van der Waals surface area contributed by atoms with Crippen LogP contribution in [-0.2, 0) is 9.59 Å². The number of carbonyl (C=O) groups is 2. The summed E-state index contributed by atoms with van der Waals surface area (Å²) in [6.45, 7) is 0. The van der Waals surface area contributed by atoms with Crippen LogP contribution in [0.2, 0.25) is 5.02 Å². The fourth-order valence-electron chi connectivity index (χ4n) is 4.68. The van der Waals surface area contributed by atoms with E-state index in [9.17, 15) is 20.1 Å². The number of nitrogens with zero attached hydrogens (tertiary/aromatic N) is 5. The van der Waals surface area contributed by atoms with Crippen molar-refractivity contribution >= 4 is 57.2 Å².